The molecule has 4 N–H and O–H groups in total. The highest BCUT2D eigenvalue weighted by molar-refractivity contribution is 5.55. The molecule has 0 spiro atoms. The van der Waals surface area contributed by atoms with Crippen LogP contribution in [0, 0.1) is 33.6 Å². The molecule has 1 aliphatic carbocycles. The Morgan fingerprint density at radius 1 is 0.491 bits per heavy atom. The fourth-order valence-electron chi connectivity index (χ4n) is 9.09. The van der Waals surface area contributed by atoms with Gasteiger partial charge in [-0.1, -0.05) is 134 Å². The van der Waals surface area contributed by atoms with Crippen LogP contribution in [-0.4, -0.2) is 0 Å². The molecule has 1 saturated carbocycles. The van der Waals surface area contributed by atoms with E-state index in [1.165, 1.54) is 149 Å². The van der Waals surface area contributed by atoms with Crippen LogP contribution in [0.25, 0.3) is 0 Å². The molecule has 1 fully saturated rings. The lowest BCUT2D eigenvalue weighted by Crippen LogP contribution is -2.33. The highest BCUT2D eigenvalue weighted by Gasteiger charge is 2.39. The number of hydrogen-bond acceptors (Lipinski definition) is 4. The first-order valence-corrected chi connectivity index (χ1v) is 22.0. The van der Waals surface area contributed by atoms with Crippen molar-refractivity contribution in [3.05, 3.63) is 106 Å². The lowest BCUT2D eigenvalue weighted by atomic mass is 9.62. The van der Waals surface area contributed by atoms with E-state index in [2.05, 4.69) is 58.9 Å². The number of anilines is 2. The third-order valence-electron chi connectivity index (χ3n) is 12.4. The van der Waals surface area contributed by atoms with Crippen LogP contribution in [0.3, 0.4) is 0 Å². The summed E-state index contributed by atoms with van der Waals surface area (Å²) in [6.45, 7) is 11.1. The van der Waals surface area contributed by atoms with Gasteiger partial charge in [0.1, 0.15) is 23.0 Å². The van der Waals surface area contributed by atoms with E-state index >= 15 is 0 Å². The Morgan fingerprint density at radius 2 is 0.818 bits per heavy atom. The second-order valence-electron chi connectivity index (χ2n) is 17.0. The summed E-state index contributed by atoms with van der Waals surface area (Å²) in [6.07, 6.45) is 27.5. The van der Waals surface area contributed by atoms with Gasteiger partial charge in [-0.2, -0.15) is 0 Å². The van der Waals surface area contributed by atoms with Crippen molar-refractivity contribution in [2.24, 2.45) is 5.92 Å². The number of benzene rings is 4. The van der Waals surface area contributed by atoms with Crippen LogP contribution in [0.15, 0.2) is 72.8 Å². The summed E-state index contributed by atoms with van der Waals surface area (Å²) in [6, 6.07) is 25.0. The van der Waals surface area contributed by atoms with Crippen LogP contribution in [0.4, 0.5) is 11.4 Å². The van der Waals surface area contributed by atoms with Gasteiger partial charge in [-0.05, 0) is 141 Å². The summed E-state index contributed by atoms with van der Waals surface area (Å²) in [5, 5.41) is 0. The molecule has 0 amide bonds. The molecule has 0 bridgehead atoms. The van der Waals surface area contributed by atoms with E-state index in [0.717, 1.165) is 53.1 Å². The summed E-state index contributed by atoms with van der Waals surface area (Å²) < 4.78 is 12.9. The van der Waals surface area contributed by atoms with E-state index in [1.807, 2.05) is 48.5 Å². The van der Waals surface area contributed by atoms with Gasteiger partial charge < -0.3 is 20.9 Å². The molecule has 4 heteroatoms. The Balaban J connectivity index is 1.20. The Hall–Kier alpha value is -3.92. The summed E-state index contributed by atoms with van der Waals surface area (Å²) in [4.78, 5) is 0. The molecule has 4 aromatic rings. The molecule has 0 unspecified atom stereocenters. The first kappa shape index (κ1) is 42.2. The zero-order chi connectivity index (χ0) is 39.0. The van der Waals surface area contributed by atoms with Gasteiger partial charge in [0.2, 0.25) is 0 Å². The average molecular weight is 745 g/mol. The van der Waals surface area contributed by atoms with Crippen molar-refractivity contribution < 1.29 is 9.47 Å². The summed E-state index contributed by atoms with van der Waals surface area (Å²) in [5.41, 5.74) is 20.8. The Morgan fingerprint density at radius 3 is 1.16 bits per heavy atom. The van der Waals surface area contributed by atoms with Gasteiger partial charge in [-0.25, -0.2) is 0 Å². The monoisotopic (exact) mass is 745 g/mol. The minimum absolute atomic E-state index is 0.0595. The van der Waals surface area contributed by atoms with E-state index in [9.17, 15) is 0 Å². The number of unbranched alkanes of at least 4 members (excludes halogenated alkanes) is 14. The molecule has 0 aromatic heterocycles. The molecule has 298 valence electrons. The molecule has 0 radical (unpaired) electrons. The van der Waals surface area contributed by atoms with Crippen LogP contribution < -0.4 is 20.9 Å². The summed E-state index contributed by atoms with van der Waals surface area (Å²) >= 11 is 0. The third kappa shape index (κ3) is 12.3. The van der Waals surface area contributed by atoms with Crippen molar-refractivity contribution in [1.82, 2.24) is 0 Å². The normalized spacial score (nSPS) is 14.3. The van der Waals surface area contributed by atoms with Crippen molar-refractivity contribution >= 4 is 11.4 Å². The number of nitrogens with two attached hydrogens (primary N) is 2. The van der Waals surface area contributed by atoms with E-state index in [1.54, 1.807) is 0 Å². The molecule has 1 aliphatic rings. The maximum Gasteiger partial charge on any atom is 0.133 e. The second kappa shape index (κ2) is 21.4. The molecule has 55 heavy (non-hydrogen) atoms. The number of hydrogen-bond donors (Lipinski definition) is 2. The summed E-state index contributed by atoms with van der Waals surface area (Å²) in [7, 11) is 0. The topological polar surface area (TPSA) is 70.5 Å². The van der Waals surface area contributed by atoms with Crippen molar-refractivity contribution in [3.8, 4) is 23.0 Å². The van der Waals surface area contributed by atoms with Gasteiger partial charge in [0.05, 0.1) is 0 Å². The lowest BCUT2D eigenvalue weighted by Gasteiger charge is -2.42. The van der Waals surface area contributed by atoms with Crippen LogP contribution >= 0.6 is 0 Å². The van der Waals surface area contributed by atoms with E-state index in [4.69, 9.17) is 20.9 Å². The smallest absolute Gasteiger partial charge is 0.133 e. The highest BCUT2D eigenvalue weighted by atomic mass is 16.5. The minimum atomic E-state index is -0.0595. The molecule has 4 nitrogen and oxygen atoms in total. The molecule has 0 heterocycles. The predicted molar refractivity (Wildman–Crippen MR) is 236 cm³/mol. The Labute approximate surface area is 334 Å². The molecule has 0 aliphatic heterocycles. The number of ether oxygens (including phenoxy) is 2. The third-order valence-corrected chi connectivity index (χ3v) is 12.4. The minimum Gasteiger partial charge on any atom is -0.457 e. The zero-order valence-corrected chi connectivity index (χ0v) is 35.1. The van der Waals surface area contributed by atoms with Gasteiger partial charge in [-0.3, -0.25) is 0 Å². The van der Waals surface area contributed by atoms with Crippen molar-refractivity contribution in [1.29, 1.82) is 0 Å². The maximum atomic E-state index is 6.45. The first-order chi connectivity index (χ1) is 26.7. The van der Waals surface area contributed by atoms with Gasteiger partial charge in [0, 0.05) is 16.8 Å². The Bertz CT molecular complexity index is 1580. The van der Waals surface area contributed by atoms with Crippen molar-refractivity contribution in [2.75, 3.05) is 11.5 Å². The fourth-order valence-corrected chi connectivity index (χ4v) is 9.09. The fraction of sp³-hybridized carbons (Fsp3) is 0.529. The van der Waals surface area contributed by atoms with Crippen molar-refractivity contribution in [3.63, 3.8) is 0 Å². The quantitative estimate of drug-likeness (QED) is 0.0621. The zero-order valence-electron chi connectivity index (χ0n) is 35.1. The molecular weight excluding hydrogens is 673 g/mol. The van der Waals surface area contributed by atoms with Gasteiger partial charge in [-0.15, -0.1) is 0 Å². The van der Waals surface area contributed by atoms with Crippen LogP contribution in [0.5, 0.6) is 23.0 Å². The van der Waals surface area contributed by atoms with Gasteiger partial charge >= 0.3 is 0 Å². The highest BCUT2D eigenvalue weighted by Crippen LogP contribution is 2.50. The predicted octanol–water partition coefficient (Wildman–Crippen LogP) is 15.4. The van der Waals surface area contributed by atoms with E-state index in [0.29, 0.717) is 0 Å². The van der Waals surface area contributed by atoms with Crippen molar-refractivity contribution in [2.45, 2.75) is 168 Å². The SMILES string of the molecule is CCCCCCCCCCCCCCCCCC1CCC(c2cc(C)c(Oc3ccc(N)cc3)c(C)c2)(c2cc(C)c(Oc3ccc(N)cc3)c(C)c2)CC1. The van der Waals surface area contributed by atoms with Crippen LogP contribution in [-0.2, 0) is 5.41 Å². The first-order valence-electron chi connectivity index (χ1n) is 22.0. The molecule has 0 atom stereocenters. The molecule has 0 saturated heterocycles. The largest absolute Gasteiger partial charge is 0.457 e. The van der Waals surface area contributed by atoms with Gasteiger partial charge in [0.25, 0.3) is 0 Å². The second-order valence-corrected chi connectivity index (χ2v) is 17.0. The van der Waals surface area contributed by atoms with Crippen LogP contribution in [0.2, 0.25) is 0 Å². The lowest BCUT2D eigenvalue weighted by molar-refractivity contribution is 0.249. The molecular formula is C51H72N2O2. The Kier molecular flexibility index (Phi) is 16.4. The van der Waals surface area contributed by atoms with E-state index in [-0.39, 0.29) is 5.41 Å². The van der Waals surface area contributed by atoms with Gasteiger partial charge in [0.15, 0.2) is 0 Å². The average Bonchev–Trinajstić information content (AvgIpc) is 3.17. The van der Waals surface area contributed by atoms with Crippen LogP contribution in [0.1, 0.15) is 169 Å². The molecule has 4 aromatic carbocycles. The van der Waals surface area contributed by atoms with E-state index < -0.39 is 0 Å². The number of aryl methyl sites for hydroxylation is 4. The number of nitrogen functional groups attached to an aromatic ring is 2. The maximum absolute atomic E-state index is 6.45. The standard InChI is InChI=1S/C51H72N2O2/c1-6-7-8-9-10-11-12-13-14-15-16-17-18-19-20-21-42-30-32-51(33-31-42,43-34-38(2)49(39(3)35-43)54-47-26-22-45(52)23-27-47)44-36-40(4)50(41(5)37-44)55-48-28-24-46(53)25-29-48/h22-29,34-37,42H,6-21,30-33,52-53H2,1-5H3. The summed E-state index contributed by atoms with van der Waals surface area (Å²) in [5.74, 6) is 4.30. The molecule has 5 rings (SSSR count). The number of rotatable bonds is 22.